The Morgan fingerprint density at radius 1 is 1.10 bits per heavy atom. The van der Waals surface area contributed by atoms with Crippen LogP contribution < -0.4 is 5.73 Å². The van der Waals surface area contributed by atoms with Crippen molar-refractivity contribution in [2.45, 2.75) is 18.8 Å². The number of nitrogens with two attached hydrogens (primary N) is 1. The van der Waals surface area contributed by atoms with Crippen molar-refractivity contribution in [2.75, 3.05) is 5.73 Å². The highest BCUT2D eigenvalue weighted by atomic mass is 79.9. The van der Waals surface area contributed by atoms with Gasteiger partial charge in [-0.1, -0.05) is 6.07 Å². The van der Waals surface area contributed by atoms with E-state index in [4.69, 9.17) is 10.7 Å². The van der Waals surface area contributed by atoms with E-state index in [0.29, 0.717) is 5.92 Å². The van der Waals surface area contributed by atoms with Crippen LogP contribution in [0, 0.1) is 0 Å². The van der Waals surface area contributed by atoms with Crippen LogP contribution in [0.5, 0.6) is 0 Å². The number of nitrogen functional groups attached to an aromatic ring is 1. The van der Waals surface area contributed by atoms with Gasteiger partial charge in [0.05, 0.1) is 16.7 Å². The van der Waals surface area contributed by atoms with E-state index in [-0.39, 0.29) is 0 Å². The molecule has 0 aliphatic heterocycles. The first-order valence-electron chi connectivity index (χ1n) is 6.87. The summed E-state index contributed by atoms with van der Waals surface area (Å²) in [5.74, 6) is 1.68. The monoisotopic (exact) mass is 405 g/mol. The zero-order chi connectivity index (χ0) is 14.6. The van der Waals surface area contributed by atoms with Crippen molar-refractivity contribution in [2.24, 2.45) is 0 Å². The van der Waals surface area contributed by atoms with Gasteiger partial charge in [0, 0.05) is 20.6 Å². The van der Waals surface area contributed by atoms with Crippen LogP contribution in [0.3, 0.4) is 0 Å². The van der Waals surface area contributed by atoms with Gasteiger partial charge in [0.25, 0.3) is 0 Å². The molecule has 0 unspecified atom stereocenters. The van der Waals surface area contributed by atoms with Gasteiger partial charge in [-0.2, -0.15) is 0 Å². The number of hydrogen-bond acceptors (Lipinski definition) is 2. The predicted octanol–water partition coefficient (Wildman–Crippen LogP) is 5.01. The second kappa shape index (κ2) is 4.85. The Hall–Kier alpha value is -1.33. The van der Waals surface area contributed by atoms with E-state index in [1.165, 1.54) is 12.8 Å². The summed E-state index contributed by atoms with van der Waals surface area (Å²) in [6.07, 6.45) is 2.42. The minimum atomic E-state index is 0.553. The van der Waals surface area contributed by atoms with Gasteiger partial charge < -0.3 is 5.73 Å². The van der Waals surface area contributed by atoms with Crippen molar-refractivity contribution in [3.05, 3.63) is 51.2 Å². The molecule has 106 valence electrons. The Bertz CT molecular complexity index is 830. The van der Waals surface area contributed by atoms with Crippen molar-refractivity contribution < 1.29 is 0 Å². The lowest BCUT2D eigenvalue weighted by Gasteiger charge is -2.13. The number of imidazole rings is 1. The molecule has 1 saturated carbocycles. The molecule has 4 rings (SSSR count). The molecule has 0 saturated heterocycles. The average molecular weight is 407 g/mol. The molecule has 1 aromatic heterocycles. The minimum Gasteiger partial charge on any atom is -0.399 e. The summed E-state index contributed by atoms with van der Waals surface area (Å²) in [4.78, 5) is 4.84. The van der Waals surface area contributed by atoms with Gasteiger partial charge in [-0.3, -0.25) is 4.57 Å². The van der Waals surface area contributed by atoms with Crippen LogP contribution in [0.1, 0.15) is 24.6 Å². The maximum atomic E-state index is 5.91. The van der Waals surface area contributed by atoms with Gasteiger partial charge in [0.2, 0.25) is 0 Å². The van der Waals surface area contributed by atoms with Gasteiger partial charge in [-0.15, -0.1) is 0 Å². The topological polar surface area (TPSA) is 43.8 Å². The standard InChI is InChI=1S/C16H13Br2N3/c17-11-2-1-3-12(18)15(11)21-14-7-6-10(19)8-13(14)20-16(21)9-4-5-9/h1-3,6-9H,4-5,19H2. The zero-order valence-electron chi connectivity index (χ0n) is 11.2. The molecule has 2 N–H and O–H groups in total. The summed E-state index contributed by atoms with van der Waals surface area (Å²) < 4.78 is 4.35. The molecule has 1 fully saturated rings. The highest BCUT2D eigenvalue weighted by molar-refractivity contribution is 9.11. The van der Waals surface area contributed by atoms with E-state index in [1.807, 2.05) is 18.2 Å². The fraction of sp³-hybridized carbons (Fsp3) is 0.188. The number of benzene rings is 2. The molecule has 3 aromatic rings. The van der Waals surface area contributed by atoms with Gasteiger partial charge in [0.15, 0.2) is 0 Å². The van der Waals surface area contributed by atoms with E-state index < -0.39 is 0 Å². The molecule has 0 atom stereocenters. The number of halogens is 2. The molecule has 0 spiro atoms. The van der Waals surface area contributed by atoms with Crippen molar-refractivity contribution in [1.29, 1.82) is 0 Å². The van der Waals surface area contributed by atoms with Crippen LogP contribution in [0.4, 0.5) is 5.69 Å². The number of fused-ring (bicyclic) bond motifs is 1. The number of rotatable bonds is 2. The van der Waals surface area contributed by atoms with Crippen molar-refractivity contribution in [1.82, 2.24) is 9.55 Å². The van der Waals surface area contributed by atoms with Gasteiger partial charge in [0.1, 0.15) is 5.82 Å². The van der Waals surface area contributed by atoms with E-state index in [2.05, 4.69) is 54.6 Å². The maximum absolute atomic E-state index is 5.91. The van der Waals surface area contributed by atoms with Crippen molar-refractivity contribution in [3.63, 3.8) is 0 Å². The fourth-order valence-corrected chi connectivity index (χ4v) is 4.02. The molecule has 1 heterocycles. The first-order valence-corrected chi connectivity index (χ1v) is 8.46. The van der Waals surface area contributed by atoms with Crippen LogP contribution in [-0.2, 0) is 0 Å². The number of nitrogens with zero attached hydrogens (tertiary/aromatic N) is 2. The maximum Gasteiger partial charge on any atom is 0.117 e. The van der Waals surface area contributed by atoms with Crippen LogP contribution in [0.2, 0.25) is 0 Å². The molecule has 1 aliphatic carbocycles. The summed E-state index contributed by atoms with van der Waals surface area (Å²) in [6, 6.07) is 12.1. The highest BCUT2D eigenvalue weighted by Crippen LogP contribution is 2.43. The third-order valence-electron chi connectivity index (χ3n) is 3.81. The van der Waals surface area contributed by atoms with Crippen LogP contribution >= 0.6 is 31.9 Å². The lowest BCUT2D eigenvalue weighted by Crippen LogP contribution is -2.02. The third kappa shape index (κ3) is 2.19. The lowest BCUT2D eigenvalue weighted by atomic mass is 10.2. The molecule has 1 aliphatic rings. The number of para-hydroxylation sites is 1. The molecular weight excluding hydrogens is 394 g/mol. The van der Waals surface area contributed by atoms with E-state index in [0.717, 1.165) is 37.2 Å². The molecular formula is C16H13Br2N3. The quantitative estimate of drug-likeness (QED) is 0.608. The van der Waals surface area contributed by atoms with Crippen LogP contribution in [0.15, 0.2) is 45.3 Å². The smallest absolute Gasteiger partial charge is 0.117 e. The number of anilines is 1. The summed E-state index contributed by atoms with van der Waals surface area (Å²) in [5, 5.41) is 0. The summed E-state index contributed by atoms with van der Waals surface area (Å²) >= 11 is 7.34. The Kier molecular flexibility index (Phi) is 3.08. The summed E-state index contributed by atoms with van der Waals surface area (Å²) in [7, 11) is 0. The molecule has 21 heavy (non-hydrogen) atoms. The zero-order valence-corrected chi connectivity index (χ0v) is 14.4. The predicted molar refractivity (Wildman–Crippen MR) is 92.9 cm³/mol. The second-order valence-corrected chi connectivity index (χ2v) is 7.11. The first-order chi connectivity index (χ1) is 10.1. The number of aromatic nitrogens is 2. The SMILES string of the molecule is Nc1ccc2c(c1)nc(C1CC1)n2-c1c(Br)cccc1Br. The highest BCUT2D eigenvalue weighted by Gasteiger charge is 2.31. The summed E-state index contributed by atoms with van der Waals surface area (Å²) in [5.41, 5.74) is 9.81. The molecule has 0 radical (unpaired) electrons. The molecule has 2 aromatic carbocycles. The van der Waals surface area contributed by atoms with Gasteiger partial charge >= 0.3 is 0 Å². The Morgan fingerprint density at radius 3 is 2.48 bits per heavy atom. The van der Waals surface area contributed by atoms with E-state index >= 15 is 0 Å². The average Bonchev–Trinajstić information content (AvgIpc) is 3.22. The summed E-state index contributed by atoms with van der Waals surface area (Å²) in [6.45, 7) is 0. The van der Waals surface area contributed by atoms with E-state index in [9.17, 15) is 0 Å². The van der Waals surface area contributed by atoms with Crippen LogP contribution in [-0.4, -0.2) is 9.55 Å². The van der Waals surface area contributed by atoms with Gasteiger partial charge in [-0.05, 0) is 75.0 Å². The number of hydrogen-bond donors (Lipinski definition) is 1. The minimum absolute atomic E-state index is 0.553. The van der Waals surface area contributed by atoms with E-state index in [1.54, 1.807) is 0 Å². The van der Waals surface area contributed by atoms with Crippen molar-refractivity contribution >= 4 is 48.6 Å². The molecule has 3 nitrogen and oxygen atoms in total. The Morgan fingerprint density at radius 2 is 1.81 bits per heavy atom. The Labute approximate surface area is 139 Å². The third-order valence-corrected chi connectivity index (χ3v) is 5.09. The Balaban J connectivity index is 2.09. The van der Waals surface area contributed by atoms with Crippen LogP contribution in [0.25, 0.3) is 16.7 Å². The van der Waals surface area contributed by atoms with Crippen molar-refractivity contribution in [3.8, 4) is 5.69 Å². The normalized spacial score (nSPS) is 14.8. The first kappa shape index (κ1) is 13.3. The van der Waals surface area contributed by atoms with Gasteiger partial charge in [-0.25, -0.2) is 4.98 Å². The molecule has 0 bridgehead atoms. The second-order valence-electron chi connectivity index (χ2n) is 5.40. The molecule has 0 amide bonds. The molecule has 5 heteroatoms. The fourth-order valence-electron chi connectivity index (χ4n) is 2.67. The largest absolute Gasteiger partial charge is 0.399 e. The lowest BCUT2D eigenvalue weighted by molar-refractivity contribution is 0.891.